The van der Waals surface area contributed by atoms with Gasteiger partial charge in [-0.1, -0.05) is 15.9 Å². The largest absolute Gasteiger partial charge is 0.327 e. The molecule has 0 saturated heterocycles. The third-order valence-corrected chi connectivity index (χ3v) is 2.02. The van der Waals surface area contributed by atoms with Crippen molar-refractivity contribution in [3.63, 3.8) is 0 Å². The molecule has 0 aliphatic rings. The Balaban J connectivity index is 3.20. The molecule has 1 atom stereocenters. The van der Waals surface area contributed by atoms with Crippen LogP contribution in [0, 0.1) is 11.6 Å². The van der Waals surface area contributed by atoms with E-state index in [2.05, 4.69) is 15.9 Å². The number of halogens is 4. The maximum atomic E-state index is 13.0. The molecule has 0 heterocycles. The zero-order valence-electron chi connectivity index (χ0n) is 6.53. The van der Waals surface area contributed by atoms with Crippen molar-refractivity contribution in [2.75, 3.05) is 6.54 Å². The molecule has 1 aromatic rings. The molecule has 1 unspecified atom stereocenters. The SMILES string of the molecule is NCC(F)c1c(F)cc(Br)cc1F. The standard InChI is InChI=1S/C8H7BrF3N/c9-4-1-5(10)8(6(11)2-4)7(12)3-13/h1-2,7H,3,13H2. The zero-order valence-corrected chi connectivity index (χ0v) is 8.11. The second kappa shape index (κ2) is 4.11. The molecule has 0 saturated carbocycles. The van der Waals surface area contributed by atoms with E-state index >= 15 is 0 Å². The van der Waals surface area contributed by atoms with Gasteiger partial charge >= 0.3 is 0 Å². The van der Waals surface area contributed by atoms with Crippen molar-refractivity contribution in [3.8, 4) is 0 Å². The summed E-state index contributed by atoms with van der Waals surface area (Å²) in [5, 5.41) is 0. The first kappa shape index (κ1) is 10.5. The van der Waals surface area contributed by atoms with E-state index in [1.807, 2.05) is 0 Å². The van der Waals surface area contributed by atoms with Crippen molar-refractivity contribution < 1.29 is 13.2 Å². The Bertz CT molecular complexity index is 293. The molecule has 0 radical (unpaired) electrons. The van der Waals surface area contributed by atoms with Crippen molar-refractivity contribution in [3.05, 3.63) is 33.8 Å². The Labute approximate surface area is 81.9 Å². The maximum Gasteiger partial charge on any atom is 0.143 e. The minimum Gasteiger partial charge on any atom is -0.327 e. The highest BCUT2D eigenvalue weighted by atomic mass is 79.9. The van der Waals surface area contributed by atoms with E-state index in [0.29, 0.717) is 0 Å². The van der Waals surface area contributed by atoms with Gasteiger partial charge < -0.3 is 5.73 Å². The third-order valence-electron chi connectivity index (χ3n) is 1.56. The van der Waals surface area contributed by atoms with E-state index in [1.165, 1.54) is 0 Å². The average molecular weight is 254 g/mol. The van der Waals surface area contributed by atoms with E-state index in [0.717, 1.165) is 12.1 Å². The number of nitrogens with two attached hydrogens (primary N) is 1. The van der Waals surface area contributed by atoms with Crippen molar-refractivity contribution >= 4 is 15.9 Å². The highest BCUT2D eigenvalue weighted by Gasteiger charge is 2.18. The van der Waals surface area contributed by atoms with Gasteiger partial charge in [-0.2, -0.15) is 0 Å². The topological polar surface area (TPSA) is 26.0 Å². The van der Waals surface area contributed by atoms with Gasteiger partial charge in [-0.15, -0.1) is 0 Å². The van der Waals surface area contributed by atoms with Gasteiger partial charge in [0.25, 0.3) is 0 Å². The highest BCUT2D eigenvalue weighted by Crippen LogP contribution is 2.26. The summed E-state index contributed by atoms with van der Waals surface area (Å²) in [4.78, 5) is 0. The minimum atomic E-state index is -1.80. The fraction of sp³-hybridized carbons (Fsp3) is 0.250. The molecule has 1 rings (SSSR count). The van der Waals surface area contributed by atoms with E-state index < -0.39 is 29.9 Å². The molecule has 0 aromatic heterocycles. The van der Waals surface area contributed by atoms with Crippen LogP contribution in [0.1, 0.15) is 11.7 Å². The molecule has 72 valence electrons. The molecule has 0 fully saturated rings. The molecule has 0 aliphatic heterocycles. The average Bonchev–Trinajstić information content (AvgIpc) is 2.02. The molecule has 5 heteroatoms. The van der Waals surface area contributed by atoms with Gasteiger partial charge in [0, 0.05) is 11.0 Å². The van der Waals surface area contributed by atoms with E-state index in [9.17, 15) is 13.2 Å². The summed E-state index contributed by atoms with van der Waals surface area (Å²) in [5.41, 5.74) is 4.35. The lowest BCUT2D eigenvalue weighted by atomic mass is 10.1. The van der Waals surface area contributed by atoms with E-state index in [-0.39, 0.29) is 4.47 Å². The Hall–Kier alpha value is -0.550. The van der Waals surface area contributed by atoms with Crippen LogP contribution in [-0.4, -0.2) is 6.54 Å². The van der Waals surface area contributed by atoms with E-state index in [4.69, 9.17) is 5.73 Å². The fourth-order valence-corrected chi connectivity index (χ4v) is 1.37. The van der Waals surface area contributed by atoms with Crippen LogP contribution in [0.25, 0.3) is 0 Å². The van der Waals surface area contributed by atoms with Gasteiger partial charge in [0.15, 0.2) is 0 Å². The number of alkyl halides is 1. The van der Waals surface area contributed by atoms with Gasteiger partial charge in [0.05, 0.1) is 5.56 Å². The summed E-state index contributed by atoms with van der Waals surface area (Å²) in [6.07, 6.45) is -1.80. The molecular weight excluding hydrogens is 247 g/mol. The smallest absolute Gasteiger partial charge is 0.143 e. The van der Waals surface area contributed by atoms with Crippen LogP contribution in [0.3, 0.4) is 0 Å². The molecule has 0 bridgehead atoms. The third kappa shape index (κ3) is 2.22. The lowest BCUT2D eigenvalue weighted by molar-refractivity contribution is 0.328. The molecule has 0 amide bonds. The van der Waals surface area contributed by atoms with Crippen LogP contribution in [0.15, 0.2) is 16.6 Å². The molecule has 1 nitrogen and oxygen atoms in total. The molecular formula is C8H7BrF3N. The minimum absolute atomic E-state index is 0.232. The van der Waals surface area contributed by atoms with Crippen LogP contribution in [0.2, 0.25) is 0 Å². The number of rotatable bonds is 2. The first-order valence-corrected chi connectivity index (χ1v) is 4.34. The Morgan fingerprint density at radius 3 is 2.15 bits per heavy atom. The summed E-state index contributed by atoms with van der Waals surface area (Å²) in [5.74, 6) is -1.85. The zero-order chi connectivity index (χ0) is 10.0. The van der Waals surface area contributed by atoms with Crippen molar-refractivity contribution in [2.45, 2.75) is 6.17 Å². The highest BCUT2D eigenvalue weighted by molar-refractivity contribution is 9.10. The lowest BCUT2D eigenvalue weighted by Crippen LogP contribution is -2.11. The predicted octanol–water partition coefficient (Wildman–Crippen LogP) is 2.70. The first-order chi connectivity index (χ1) is 6.06. The summed E-state index contributed by atoms with van der Waals surface area (Å²) in [6, 6.07) is 2.00. The second-order valence-electron chi connectivity index (χ2n) is 2.49. The van der Waals surface area contributed by atoms with Crippen molar-refractivity contribution in [1.29, 1.82) is 0 Å². The monoisotopic (exact) mass is 253 g/mol. The number of hydrogen-bond acceptors (Lipinski definition) is 1. The van der Waals surface area contributed by atoms with Gasteiger partial charge in [0.2, 0.25) is 0 Å². The van der Waals surface area contributed by atoms with Gasteiger partial charge in [-0.3, -0.25) is 0 Å². The summed E-state index contributed by atoms with van der Waals surface area (Å²) in [6.45, 7) is -0.435. The quantitative estimate of drug-likeness (QED) is 0.862. The molecule has 1 aromatic carbocycles. The van der Waals surface area contributed by atoms with Crippen molar-refractivity contribution in [1.82, 2.24) is 0 Å². The van der Waals surface area contributed by atoms with Gasteiger partial charge in [-0.25, -0.2) is 13.2 Å². The van der Waals surface area contributed by atoms with Crippen LogP contribution in [0.5, 0.6) is 0 Å². The van der Waals surface area contributed by atoms with Crippen molar-refractivity contribution in [2.24, 2.45) is 5.73 Å². The Kier molecular flexibility index (Phi) is 3.33. The number of hydrogen-bond donors (Lipinski definition) is 1. The Morgan fingerprint density at radius 2 is 1.77 bits per heavy atom. The van der Waals surface area contributed by atoms with Crippen LogP contribution < -0.4 is 5.73 Å². The predicted molar refractivity (Wildman–Crippen MR) is 47.0 cm³/mol. The molecule has 0 aliphatic carbocycles. The maximum absolute atomic E-state index is 13.0. The summed E-state index contributed by atoms with van der Waals surface area (Å²) < 4.78 is 39.1. The normalized spacial score (nSPS) is 13.0. The lowest BCUT2D eigenvalue weighted by Gasteiger charge is -2.08. The fourth-order valence-electron chi connectivity index (χ4n) is 0.970. The molecule has 0 spiro atoms. The number of benzene rings is 1. The molecule has 2 N–H and O–H groups in total. The second-order valence-corrected chi connectivity index (χ2v) is 3.40. The summed E-state index contributed by atoms with van der Waals surface area (Å²) >= 11 is 2.88. The first-order valence-electron chi connectivity index (χ1n) is 3.55. The molecule has 13 heavy (non-hydrogen) atoms. The summed E-state index contributed by atoms with van der Waals surface area (Å²) in [7, 11) is 0. The van der Waals surface area contributed by atoms with Gasteiger partial charge in [0.1, 0.15) is 17.8 Å². The Morgan fingerprint density at radius 1 is 1.31 bits per heavy atom. The van der Waals surface area contributed by atoms with Crippen LogP contribution in [0.4, 0.5) is 13.2 Å². The van der Waals surface area contributed by atoms with Crippen LogP contribution >= 0.6 is 15.9 Å². The van der Waals surface area contributed by atoms with E-state index in [1.54, 1.807) is 0 Å². The van der Waals surface area contributed by atoms with Gasteiger partial charge in [-0.05, 0) is 12.1 Å². The van der Waals surface area contributed by atoms with Crippen LogP contribution in [-0.2, 0) is 0 Å².